The van der Waals surface area contributed by atoms with Crippen LogP contribution in [0.15, 0.2) is 22.7 Å². The fraction of sp³-hybridized carbons (Fsp3) is 0.625. The molecule has 0 saturated carbocycles. The lowest BCUT2D eigenvalue weighted by atomic mass is 10.1. The van der Waals surface area contributed by atoms with E-state index in [1.807, 2.05) is 0 Å². The van der Waals surface area contributed by atoms with Crippen molar-refractivity contribution in [1.29, 1.82) is 0 Å². The van der Waals surface area contributed by atoms with Crippen molar-refractivity contribution < 1.29 is 9.47 Å². The van der Waals surface area contributed by atoms with Crippen LogP contribution in [0.3, 0.4) is 0 Å². The summed E-state index contributed by atoms with van der Waals surface area (Å²) < 4.78 is 12.0. The molecule has 0 bridgehead atoms. The number of nitrogens with one attached hydrogen (secondary N) is 1. The van der Waals surface area contributed by atoms with Crippen LogP contribution in [-0.4, -0.2) is 45.6 Å². The highest BCUT2D eigenvalue weighted by atomic mass is 79.9. The summed E-state index contributed by atoms with van der Waals surface area (Å²) in [5.74, 6) is 0. The van der Waals surface area contributed by atoms with Crippen LogP contribution in [0.4, 0.5) is 5.69 Å². The van der Waals surface area contributed by atoms with Crippen LogP contribution in [-0.2, 0) is 16.0 Å². The van der Waals surface area contributed by atoms with E-state index in [9.17, 15) is 0 Å². The number of methoxy groups -OCH3 is 1. The molecule has 4 nitrogen and oxygen atoms in total. The third-order valence-corrected chi connectivity index (χ3v) is 4.36. The molecular weight excluding hydrogens is 332 g/mol. The normalized spacial score (nSPS) is 18.0. The minimum Gasteiger partial charge on any atom is -0.383 e. The molecule has 1 aromatic rings. The number of morpholine rings is 1. The van der Waals surface area contributed by atoms with Gasteiger partial charge in [-0.1, -0.05) is 22.0 Å². The van der Waals surface area contributed by atoms with E-state index in [4.69, 9.17) is 9.47 Å². The van der Waals surface area contributed by atoms with Gasteiger partial charge in [-0.3, -0.25) is 0 Å². The van der Waals surface area contributed by atoms with E-state index in [1.54, 1.807) is 7.11 Å². The van der Waals surface area contributed by atoms with E-state index < -0.39 is 0 Å². The van der Waals surface area contributed by atoms with Crippen molar-refractivity contribution in [3.05, 3.63) is 28.2 Å². The number of halogens is 1. The van der Waals surface area contributed by atoms with Crippen molar-refractivity contribution in [1.82, 2.24) is 5.32 Å². The molecule has 5 heteroatoms. The van der Waals surface area contributed by atoms with E-state index in [2.05, 4.69) is 58.2 Å². The Balaban J connectivity index is 1.98. The molecule has 1 aliphatic rings. The van der Waals surface area contributed by atoms with Gasteiger partial charge >= 0.3 is 0 Å². The number of nitrogens with zero attached hydrogens (tertiary/aromatic N) is 1. The molecule has 2 rings (SSSR count). The maximum Gasteiger partial charge on any atom is 0.0801 e. The Kier molecular flexibility index (Phi) is 6.05. The molecule has 0 aromatic heterocycles. The second-order valence-electron chi connectivity index (χ2n) is 5.97. The minimum atomic E-state index is -0.0783. The first-order chi connectivity index (χ1) is 10.0. The summed E-state index contributed by atoms with van der Waals surface area (Å²) in [6, 6.07) is 6.58. The highest BCUT2D eigenvalue weighted by Crippen LogP contribution is 2.27. The van der Waals surface area contributed by atoms with Crippen LogP contribution >= 0.6 is 15.9 Å². The predicted octanol–water partition coefficient (Wildman–Crippen LogP) is 2.80. The third-order valence-electron chi connectivity index (χ3n) is 3.63. The second kappa shape index (κ2) is 7.58. The SMILES string of the molecule is COCCNCc1ccc(N2CCOC(C)(C)C2)cc1Br. The Morgan fingerprint density at radius 3 is 2.90 bits per heavy atom. The Hall–Kier alpha value is -0.620. The summed E-state index contributed by atoms with van der Waals surface area (Å²) in [4.78, 5) is 2.39. The van der Waals surface area contributed by atoms with Crippen molar-refractivity contribution >= 4 is 21.6 Å². The molecule has 0 aliphatic carbocycles. The Morgan fingerprint density at radius 2 is 2.24 bits per heavy atom. The average molecular weight is 357 g/mol. The van der Waals surface area contributed by atoms with Crippen LogP contribution in [0.1, 0.15) is 19.4 Å². The summed E-state index contributed by atoms with van der Waals surface area (Å²) in [7, 11) is 1.72. The lowest BCUT2D eigenvalue weighted by Crippen LogP contribution is -2.48. The van der Waals surface area contributed by atoms with Crippen LogP contribution in [0, 0.1) is 0 Å². The van der Waals surface area contributed by atoms with Gasteiger partial charge in [0.05, 0.1) is 18.8 Å². The van der Waals surface area contributed by atoms with Gasteiger partial charge < -0.3 is 19.7 Å². The van der Waals surface area contributed by atoms with Gasteiger partial charge in [0.15, 0.2) is 0 Å². The van der Waals surface area contributed by atoms with E-state index >= 15 is 0 Å². The Bertz CT molecular complexity index is 466. The van der Waals surface area contributed by atoms with Crippen molar-refractivity contribution in [2.45, 2.75) is 26.0 Å². The highest BCUT2D eigenvalue weighted by molar-refractivity contribution is 9.10. The number of ether oxygens (including phenoxy) is 2. The molecule has 1 aromatic carbocycles. The first-order valence-corrected chi connectivity index (χ1v) is 8.18. The van der Waals surface area contributed by atoms with Crippen LogP contribution < -0.4 is 10.2 Å². The van der Waals surface area contributed by atoms with E-state index in [1.165, 1.54) is 11.3 Å². The first-order valence-electron chi connectivity index (χ1n) is 7.39. The zero-order valence-electron chi connectivity index (χ0n) is 13.1. The molecule has 0 amide bonds. The van der Waals surface area contributed by atoms with E-state index in [0.717, 1.165) is 43.9 Å². The fourth-order valence-corrected chi connectivity index (χ4v) is 3.02. The van der Waals surface area contributed by atoms with E-state index in [-0.39, 0.29) is 5.60 Å². The molecule has 1 aliphatic heterocycles. The number of rotatable bonds is 6. The largest absolute Gasteiger partial charge is 0.383 e. The van der Waals surface area contributed by atoms with Gasteiger partial charge in [-0.05, 0) is 31.5 Å². The maximum atomic E-state index is 5.77. The highest BCUT2D eigenvalue weighted by Gasteiger charge is 2.27. The van der Waals surface area contributed by atoms with Crippen molar-refractivity contribution in [3.8, 4) is 0 Å². The molecule has 1 saturated heterocycles. The van der Waals surface area contributed by atoms with Crippen LogP contribution in [0.5, 0.6) is 0 Å². The summed E-state index contributed by atoms with van der Waals surface area (Å²) in [5.41, 5.74) is 2.44. The summed E-state index contributed by atoms with van der Waals surface area (Å²) in [6.07, 6.45) is 0. The molecule has 1 N–H and O–H groups in total. The Morgan fingerprint density at radius 1 is 1.43 bits per heavy atom. The number of hydrogen-bond donors (Lipinski definition) is 1. The van der Waals surface area contributed by atoms with Gasteiger partial charge in [0.1, 0.15) is 0 Å². The molecule has 0 unspecified atom stereocenters. The van der Waals surface area contributed by atoms with Gasteiger partial charge in [-0.15, -0.1) is 0 Å². The first kappa shape index (κ1) is 16.7. The van der Waals surface area contributed by atoms with Gasteiger partial charge in [0.25, 0.3) is 0 Å². The fourth-order valence-electron chi connectivity index (χ4n) is 2.51. The zero-order chi connectivity index (χ0) is 15.3. The lowest BCUT2D eigenvalue weighted by Gasteiger charge is -2.39. The molecule has 0 spiro atoms. The lowest BCUT2D eigenvalue weighted by molar-refractivity contribution is -0.0276. The average Bonchev–Trinajstić information content (AvgIpc) is 2.44. The zero-order valence-corrected chi connectivity index (χ0v) is 14.7. The predicted molar refractivity (Wildman–Crippen MR) is 90.0 cm³/mol. The van der Waals surface area contributed by atoms with Gasteiger partial charge in [-0.25, -0.2) is 0 Å². The number of hydrogen-bond acceptors (Lipinski definition) is 4. The Labute approximate surface area is 135 Å². The summed E-state index contributed by atoms with van der Waals surface area (Å²) in [5, 5.41) is 3.37. The number of anilines is 1. The van der Waals surface area contributed by atoms with E-state index in [0.29, 0.717) is 0 Å². The second-order valence-corrected chi connectivity index (χ2v) is 6.83. The number of benzene rings is 1. The molecular formula is C16H25BrN2O2. The van der Waals surface area contributed by atoms with Crippen molar-refractivity contribution in [3.63, 3.8) is 0 Å². The van der Waals surface area contributed by atoms with Crippen molar-refractivity contribution in [2.24, 2.45) is 0 Å². The molecule has 1 fully saturated rings. The van der Waals surface area contributed by atoms with Gasteiger partial charge in [0, 0.05) is 43.4 Å². The van der Waals surface area contributed by atoms with Crippen LogP contribution in [0.2, 0.25) is 0 Å². The quantitative estimate of drug-likeness (QED) is 0.794. The molecule has 21 heavy (non-hydrogen) atoms. The third kappa shape index (κ3) is 4.95. The molecule has 0 atom stereocenters. The standard InChI is InChI=1S/C16H25BrN2O2/c1-16(2)12-19(7-9-21-16)14-5-4-13(15(17)10-14)11-18-6-8-20-3/h4-5,10,18H,6-9,11-12H2,1-3H3. The van der Waals surface area contributed by atoms with Crippen molar-refractivity contribution in [2.75, 3.05) is 44.9 Å². The summed E-state index contributed by atoms with van der Waals surface area (Å²) >= 11 is 3.68. The van der Waals surface area contributed by atoms with Gasteiger partial charge in [-0.2, -0.15) is 0 Å². The molecule has 1 heterocycles. The van der Waals surface area contributed by atoms with Crippen LogP contribution in [0.25, 0.3) is 0 Å². The monoisotopic (exact) mass is 356 g/mol. The molecule has 118 valence electrons. The smallest absolute Gasteiger partial charge is 0.0801 e. The maximum absolute atomic E-state index is 5.77. The summed E-state index contributed by atoms with van der Waals surface area (Å²) in [6.45, 7) is 9.38. The minimum absolute atomic E-state index is 0.0783. The van der Waals surface area contributed by atoms with Gasteiger partial charge in [0.2, 0.25) is 0 Å². The topological polar surface area (TPSA) is 33.7 Å². The molecule has 0 radical (unpaired) electrons.